The summed E-state index contributed by atoms with van der Waals surface area (Å²) < 4.78 is 30.4. The Balaban J connectivity index is 1.71. The third kappa shape index (κ3) is 3.73. The zero-order valence-corrected chi connectivity index (χ0v) is 13.6. The highest BCUT2D eigenvalue weighted by Crippen LogP contribution is 2.19. The molecule has 2 aromatic heterocycles. The van der Waals surface area contributed by atoms with Crippen molar-refractivity contribution in [2.24, 2.45) is 0 Å². The van der Waals surface area contributed by atoms with Gasteiger partial charge in [-0.1, -0.05) is 12.1 Å². The van der Waals surface area contributed by atoms with Crippen LogP contribution in [0.3, 0.4) is 0 Å². The number of ether oxygens (including phenoxy) is 1. The molecular weight excluding hydrogens is 330 g/mol. The van der Waals surface area contributed by atoms with Crippen molar-refractivity contribution in [3.8, 4) is 5.75 Å². The van der Waals surface area contributed by atoms with Crippen LogP contribution in [0.2, 0.25) is 0 Å². The molecule has 1 aromatic carbocycles. The molecule has 1 atom stereocenters. The highest BCUT2D eigenvalue weighted by molar-refractivity contribution is 5.94. The van der Waals surface area contributed by atoms with Gasteiger partial charge in [0.05, 0.1) is 11.6 Å². The van der Waals surface area contributed by atoms with Crippen molar-refractivity contribution in [1.82, 2.24) is 19.9 Å². The van der Waals surface area contributed by atoms with E-state index in [0.29, 0.717) is 17.0 Å². The molecule has 0 bridgehead atoms. The molecule has 0 unspecified atom stereocenters. The Labute approximate surface area is 142 Å². The van der Waals surface area contributed by atoms with Crippen molar-refractivity contribution >= 4 is 11.6 Å². The van der Waals surface area contributed by atoms with Gasteiger partial charge in [0.15, 0.2) is 5.65 Å². The van der Waals surface area contributed by atoms with Crippen molar-refractivity contribution in [2.75, 3.05) is 0 Å². The maximum atomic E-state index is 12.4. The van der Waals surface area contributed by atoms with E-state index in [2.05, 4.69) is 20.3 Å². The van der Waals surface area contributed by atoms with Crippen LogP contribution >= 0.6 is 0 Å². The molecule has 0 spiro atoms. The van der Waals surface area contributed by atoms with E-state index in [1.54, 1.807) is 41.8 Å². The highest BCUT2D eigenvalue weighted by Gasteiger charge is 2.13. The van der Waals surface area contributed by atoms with Gasteiger partial charge >= 0.3 is 6.61 Å². The zero-order valence-electron chi connectivity index (χ0n) is 13.6. The van der Waals surface area contributed by atoms with Gasteiger partial charge < -0.3 is 10.1 Å². The normalized spacial score (nSPS) is 12.4. The quantitative estimate of drug-likeness (QED) is 0.771. The molecule has 130 valence electrons. The first-order valence-corrected chi connectivity index (χ1v) is 7.61. The summed E-state index contributed by atoms with van der Waals surface area (Å²) in [6.45, 7) is 0.746. The van der Waals surface area contributed by atoms with E-state index in [1.165, 1.54) is 12.1 Å². The fourth-order valence-corrected chi connectivity index (χ4v) is 2.44. The lowest BCUT2D eigenvalue weighted by molar-refractivity contribution is -0.0498. The van der Waals surface area contributed by atoms with Gasteiger partial charge in [-0.25, -0.2) is 0 Å². The number of benzene rings is 1. The van der Waals surface area contributed by atoms with E-state index < -0.39 is 6.61 Å². The Morgan fingerprint density at radius 1 is 1.16 bits per heavy atom. The number of aromatic nitrogens is 3. The lowest BCUT2D eigenvalue weighted by Gasteiger charge is -2.15. The number of aryl methyl sites for hydroxylation is 1. The molecule has 2 heterocycles. The number of rotatable bonds is 5. The Morgan fingerprint density at radius 2 is 1.88 bits per heavy atom. The topological polar surface area (TPSA) is 68.5 Å². The van der Waals surface area contributed by atoms with E-state index in [4.69, 9.17) is 0 Å². The SMILES string of the molecule is Cc1nnc2ccc(C(=O)N[C@@H](C)c3ccc(OC(F)F)cc3)cn12. The monoisotopic (exact) mass is 346 g/mol. The standard InChI is InChI=1S/C17H16F2N4O2/c1-10(12-3-6-14(7-4-12)25-17(18)19)20-16(24)13-5-8-15-22-21-11(2)23(15)9-13/h3-10,17H,1-2H3,(H,20,24)/t10-/m0/s1. The molecule has 0 aliphatic rings. The number of nitrogens with zero attached hydrogens (tertiary/aromatic N) is 3. The number of hydrogen-bond donors (Lipinski definition) is 1. The molecule has 0 aliphatic carbocycles. The number of halogens is 2. The number of nitrogens with one attached hydrogen (secondary N) is 1. The van der Waals surface area contributed by atoms with Crippen molar-refractivity contribution in [2.45, 2.75) is 26.5 Å². The molecule has 8 heteroatoms. The van der Waals surface area contributed by atoms with Gasteiger partial charge in [0, 0.05) is 6.20 Å². The molecule has 6 nitrogen and oxygen atoms in total. The van der Waals surface area contributed by atoms with Crippen LogP contribution in [0, 0.1) is 6.92 Å². The first kappa shape index (κ1) is 16.8. The number of pyridine rings is 1. The summed E-state index contributed by atoms with van der Waals surface area (Å²) in [6.07, 6.45) is 1.67. The lowest BCUT2D eigenvalue weighted by Crippen LogP contribution is -2.26. The van der Waals surface area contributed by atoms with Crippen LogP contribution in [0.15, 0.2) is 42.6 Å². The summed E-state index contributed by atoms with van der Waals surface area (Å²) in [5.41, 5.74) is 1.91. The van der Waals surface area contributed by atoms with E-state index in [1.807, 2.05) is 6.92 Å². The summed E-state index contributed by atoms with van der Waals surface area (Å²) in [4.78, 5) is 12.4. The van der Waals surface area contributed by atoms with Crippen molar-refractivity contribution < 1.29 is 18.3 Å². The molecule has 0 radical (unpaired) electrons. The number of alkyl halides is 2. The first-order chi connectivity index (χ1) is 11.9. The second-order valence-corrected chi connectivity index (χ2v) is 5.54. The number of carbonyl (C=O) groups excluding carboxylic acids is 1. The second kappa shape index (κ2) is 6.84. The minimum absolute atomic E-state index is 0.0748. The summed E-state index contributed by atoms with van der Waals surface area (Å²) in [7, 11) is 0. The van der Waals surface area contributed by atoms with Gasteiger partial charge in [-0.15, -0.1) is 10.2 Å². The van der Waals surface area contributed by atoms with Gasteiger partial charge in [-0.05, 0) is 43.7 Å². The lowest BCUT2D eigenvalue weighted by atomic mass is 10.1. The summed E-state index contributed by atoms with van der Waals surface area (Å²) in [6, 6.07) is 9.24. The summed E-state index contributed by atoms with van der Waals surface area (Å²) in [5, 5.41) is 10.8. The largest absolute Gasteiger partial charge is 0.435 e. The fourth-order valence-electron chi connectivity index (χ4n) is 2.44. The average Bonchev–Trinajstić information content (AvgIpc) is 2.95. The maximum Gasteiger partial charge on any atom is 0.387 e. The molecular formula is C17H16F2N4O2. The second-order valence-electron chi connectivity index (χ2n) is 5.54. The molecule has 0 fully saturated rings. The average molecular weight is 346 g/mol. The van der Waals surface area contributed by atoms with Crippen LogP contribution in [0.1, 0.15) is 34.7 Å². The molecule has 3 aromatic rings. The molecule has 1 N–H and O–H groups in total. The Morgan fingerprint density at radius 3 is 2.56 bits per heavy atom. The van der Waals surface area contributed by atoms with Gasteiger partial charge in [0.2, 0.25) is 0 Å². The number of hydrogen-bond acceptors (Lipinski definition) is 4. The number of fused-ring (bicyclic) bond motifs is 1. The molecule has 25 heavy (non-hydrogen) atoms. The van der Waals surface area contributed by atoms with Gasteiger partial charge in [-0.3, -0.25) is 9.20 Å². The number of amides is 1. The predicted molar refractivity (Wildman–Crippen MR) is 86.7 cm³/mol. The van der Waals surface area contributed by atoms with Crippen LogP contribution in [0.25, 0.3) is 5.65 Å². The van der Waals surface area contributed by atoms with Crippen molar-refractivity contribution in [1.29, 1.82) is 0 Å². The minimum Gasteiger partial charge on any atom is -0.435 e. The van der Waals surface area contributed by atoms with Gasteiger partial charge in [0.1, 0.15) is 11.6 Å². The van der Waals surface area contributed by atoms with E-state index in [9.17, 15) is 13.6 Å². The molecule has 3 rings (SSSR count). The third-order valence-corrected chi connectivity index (χ3v) is 3.79. The zero-order chi connectivity index (χ0) is 18.0. The minimum atomic E-state index is -2.86. The van der Waals surface area contributed by atoms with Crippen LogP contribution in [-0.4, -0.2) is 27.1 Å². The number of carbonyl (C=O) groups is 1. The highest BCUT2D eigenvalue weighted by atomic mass is 19.3. The molecule has 0 saturated heterocycles. The Kier molecular flexibility index (Phi) is 4.60. The predicted octanol–water partition coefficient (Wildman–Crippen LogP) is 3.13. The van der Waals surface area contributed by atoms with Gasteiger partial charge in [-0.2, -0.15) is 8.78 Å². The van der Waals surface area contributed by atoms with Gasteiger partial charge in [0.25, 0.3) is 5.91 Å². The van der Waals surface area contributed by atoms with E-state index >= 15 is 0 Å². The molecule has 0 aliphatic heterocycles. The smallest absolute Gasteiger partial charge is 0.387 e. The van der Waals surface area contributed by atoms with Crippen LogP contribution in [-0.2, 0) is 0 Å². The summed E-state index contributed by atoms with van der Waals surface area (Å²) >= 11 is 0. The Hall–Kier alpha value is -3.03. The van der Waals surface area contributed by atoms with Crippen molar-refractivity contribution in [3.63, 3.8) is 0 Å². The van der Waals surface area contributed by atoms with E-state index in [0.717, 1.165) is 5.56 Å². The molecule has 1 amide bonds. The fraction of sp³-hybridized carbons (Fsp3) is 0.235. The maximum absolute atomic E-state index is 12.4. The van der Waals surface area contributed by atoms with E-state index in [-0.39, 0.29) is 17.7 Å². The van der Waals surface area contributed by atoms with Crippen molar-refractivity contribution in [3.05, 3.63) is 59.5 Å². The summed E-state index contributed by atoms with van der Waals surface area (Å²) in [5.74, 6) is 0.508. The van der Waals surface area contributed by atoms with Crippen LogP contribution in [0.4, 0.5) is 8.78 Å². The first-order valence-electron chi connectivity index (χ1n) is 7.61. The Bertz CT molecular complexity index is 893. The van der Waals surface area contributed by atoms with Crippen LogP contribution < -0.4 is 10.1 Å². The van der Waals surface area contributed by atoms with Crippen LogP contribution in [0.5, 0.6) is 5.75 Å². The third-order valence-electron chi connectivity index (χ3n) is 3.79. The molecule has 0 saturated carbocycles.